The van der Waals surface area contributed by atoms with Gasteiger partial charge in [-0.25, -0.2) is 4.79 Å². The molecule has 0 atom stereocenters. The third-order valence-corrected chi connectivity index (χ3v) is 5.77. The SMILES string of the molecule is O=C(Nc1ccccc1)N(CCc1ccccc1)Cc1cc2cc3c(cc2[nH]c1=O)OCCO3. The van der Waals surface area contributed by atoms with Crippen molar-refractivity contribution in [1.82, 2.24) is 9.88 Å². The lowest BCUT2D eigenvalue weighted by atomic mass is 10.1. The summed E-state index contributed by atoms with van der Waals surface area (Å²) >= 11 is 0. The van der Waals surface area contributed by atoms with Crippen molar-refractivity contribution in [3.8, 4) is 11.5 Å². The molecular weight excluding hydrogens is 430 g/mol. The molecule has 2 N–H and O–H groups in total. The maximum atomic E-state index is 13.2. The van der Waals surface area contributed by atoms with Crippen LogP contribution >= 0.6 is 0 Å². The van der Waals surface area contributed by atoms with Crippen molar-refractivity contribution >= 4 is 22.6 Å². The molecule has 1 aliphatic heterocycles. The van der Waals surface area contributed by atoms with E-state index in [4.69, 9.17) is 9.47 Å². The zero-order valence-corrected chi connectivity index (χ0v) is 18.6. The Labute approximate surface area is 196 Å². The van der Waals surface area contributed by atoms with E-state index in [2.05, 4.69) is 10.3 Å². The number of pyridine rings is 1. The summed E-state index contributed by atoms with van der Waals surface area (Å²) in [6.45, 7) is 1.60. The number of carbonyl (C=O) groups is 1. The Morgan fingerprint density at radius 2 is 1.59 bits per heavy atom. The van der Waals surface area contributed by atoms with E-state index in [0.29, 0.717) is 54.4 Å². The first kappa shape index (κ1) is 21.6. The molecule has 0 bridgehead atoms. The third kappa shape index (κ3) is 4.88. The predicted molar refractivity (Wildman–Crippen MR) is 132 cm³/mol. The summed E-state index contributed by atoms with van der Waals surface area (Å²) in [6, 6.07) is 24.5. The average Bonchev–Trinajstić information content (AvgIpc) is 2.87. The van der Waals surface area contributed by atoms with Gasteiger partial charge < -0.3 is 24.7 Å². The number of ether oxygens (including phenoxy) is 2. The molecule has 5 rings (SSSR count). The van der Waals surface area contributed by atoms with E-state index in [0.717, 1.165) is 10.9 Å². The highest BCUT2D eigenvalue weighted by Gasteiger charge is 2.18. The second-order valence-corrected chi connectivity index (χ2v) is 8.16. The highest BCUT2D eigenvalue weighted by Crippen LogP contribution is 2.33. The number of nitrogens with one attached hydrogen (secondary N) is 2. The number of aromatic amines is 1. The number of hydrogen-bond acceptors (Lipinski definition) is 4. The van der Waals surface area contributed by atoms with Crippen molar-refractivity contribution in [3.05, 3.63) is 100 Å². The number of para-hydroxylation sites is 1. The van der Waals surface area contributed by atoms with Gasteiger partial charge in [0.2, 0.25) is 0 Å². The van der Waals surface area contributed by atoms with Gasteiger partial charge in [0.1, 0.15) is 13.2 Å². The smallest absolute Gasteiger partial charge is 0.322 e. The van der Waals surface area contributed by atoms with E-state index in [-0.39, 0.29) is 18.1 Å². The molecule has 0 radical (unpaired) electrons. The van der Waals surface area contributed by atoms with E-state index in [1.165, 1.54) is 0 Å². The van der Waals surface area contributed by atoms with Crippen molar-refractivity contribution in [2.24, 2.45) is 0 Å². The summed E-state index contributed by atoms with van der Waals surface area (Å²) < 4.78 is 11.3. The second kappa shape index (κ2) is 9.70. The van der Waals surface area contributed by atoms with Crippen molar-refractivity contribution in [2.45, 2.75) is 13.0 Å². The molecule has 2 amide bonds. The number of benzene rings is 3. The van der Waals surface area contributed by atoms with Crippen LogP contribution in [0.3, 0.4) is 0 Å². The molecule has 34 heavy (non-hydrogen) atoms. The van der Waals surface area contributed by atoms with Crippen LogP contribution in [0.15, 0.2) is 83.7 Å². The lowest BCUT2D eigenvalue weighted by Gasteiger charge is -2.23. The minimum Gasteiger partial charge on any atom is -0.486 e. The van der Waals surface area contributed by atoms with Gasteiger partial charge in [-0.15, -0.1) is 0 Å². The van der Waals surface area contributed by atoms with Gasteiger partial charge in [-0.1, -0.05) is 48.5 Å². The second-order valence-electron chi connectivity index (χ2n) is 8.16. The topological polar surface area (TPSA) is 83.7 Å². The Bertz CT molecular complexity index is 1350. The Morgan fingerprint density at radius 3 is 2.32 bits per heavy atom. The van der Waals surface area contributed by atoms with E-state index < -0.39 is 0 Å². The Hall–Kier alpha value is -4.26. The number of hydrogen-bond donors (Lipinski definition) is 2. The van der Waals surface area contributed by atoms with E-state index in [9.17, 15) is 9.59 Å². The number of anilines is 1. The summed E-state index contributed by atoms with van der Waals surface area (Å²) in [5.41, 5.74) is 2.76. The average molecular weight is 456 g/mol. The summed E-state index contributed by atoms with van der Waals surface area (Å²) in [6.07, 6.45) is 0.674. The van der Waals surface area contributed by atoms with Gasteiger partial charge in [-0.3, -0.25) is 4.79 Å². The number of amides is 2. The van der Waals surface area contributed by atoms with Crippen LogP contribution < -0.4 is 20.3 Å². The number of carbonyl (C=O) groups excluding carboxylic acids is 1. The molecule has 0 saturated heterocycles. The quantitative estimate of drug-likeness (QED) is 0.446. The fraction of sp³-hybridized carbons (Fsp3) is 0.185. The highest BCUT2D eigenvalue weighted by atomic mass is 16.6. The van der Waals surface area contributed by atoms with Crippen molar-refractivity contribution in [1.29, 1.82) is 0 Å². The number of aromatic nitrogens is 1. The van der Waals surface area contributed by atoms with Gasteiger partial charge in [0, 0.05) is 29.2 Å². The number of H-pyrrole nitrogens is 1. The van der Waals surface area contributed by atoms with E-state index in [1.54, 1.807) is 11.0 Å². The molecule has 7 heteroatoms. The number of nitrogens with zero attached hydrogens (tertiary/aromatic N) is 1. The monoisotopic (exact) mass is 455 g/mol. The Kier molecular flexibility index (Phi) is 6.16. The van der Waals surface area contributed by atoms with Gasteiger partial charge >= 0.3 is 6.03 Å². The van der Waals surface area contributed by atoms with Gasteiger partial charge in [-0.2, -0.15) is 0 Å². The molecule has 1 aromatic heterocycles. The molecule has 0 unspecified atom stereocenters. The van der Waals surface area contributed by atoms with Crippen LogP contribution in [0.25, 0.3) is 10.9 Å². The maximum Gasteiger partial charge on any atom is 0.322 e. The summed E-state index contributed by atoms with van der Waals surface area (Å²) in [5.74, 6) is 1.27. The third-order valence-electron chi connectivity index (χ3n) is 5.77. The Balaban J connectivity index is 1.42. The van der Waals surface area contributed by atoms with Gasteiger partial charge in [0.25, 0.3) is 5.56 Å². The van der Waals surface area contributed by atoms with Crippen LogP contribution in [-0.4, -0.2) is 35.7 Å². The van der Waals surface area contributed by atoms with Crippen LogP contribution in [0.2, 0.25) is 0 Å². The highest BCUT2D eigenvalue weighted by molar-refractivity contribution is 5.89. The van der Waals surface area contributed by atoms with Crippen LogP contribution in [0.4, 0.5) is 10.5 Å². The van der Waals surface area contributed by atoms with E-state index in [1.807, 2.05) is 72.8 Å². The summed E-state index contributed by atoms with van der Waals surface area (Å²) in [7, 11) is 0. The molecule has 3 aromatic carbocycles. The predicted octanol–water partition coefficient (Wildman–Crippen LogP) is 4.58. The normalized spacial score (nSPS) is 12.4. The van der Waals surface area contributed by atoms with Crippen LogP contribution in [-0.2, 0) is 13.0 Å². The first-order valence-corrected chi connectivity index (χ1v) is 11.3. The van der Waals surface area contributed by atoms with Crippen LogP contribution in [0.5, 0.6) is 11.5 Å². The largest absolute Gasteiger partial charge is 0.486 e. The van der Waals surface area contributed by atoms with Gasteiger partial charge in [0.05, 0.1) is 12.1 Å². The van der Waals surface area contributed by atoms with Crippen LogP contribution in [0.1, 0.15) is 11.1 Å². The zero-order chi connectivity index (χ0) is 23.3. The molecule has 0 aliphatic carbocycles. The number of rotatable bonds is 6. The van der Waals surface area contributed by atoms with Crippen molar-refractivity contribution in [2.75, 3.05) is 25.1 Å². The molecule has 0 saturated carbocycles. The first-order chi connectivity index (χ1) is 16.7. The van der Waals surface area contributed by atoms with Gasteiger partial charge in [0.15, 0.2) is 11.5 Å². The standard InChI is InChI=1S/C27H25N3O4/c31-26-21(15-20-16-24-25(17-23(20)29-26)34-14-13-33-24)18-30(12-11-19-7-3-1-4-8-19)27(32)28-22-9-5-2-6-10-22/h1-10,15-17H,11-14,18H2,(H,28,32)(H,29,31). The number of urea groups is 1. The molecule has 172 valence electrons. The van der Waals surface area contributed by atoms with Crippen molar-refractivity contribution < 1.29 is 14.3 Å². The molecular formula is C27H25N3O4. The molecule has 1 aliphatic rings. The molecule has 2 heterocycles. The lowest BCUT2D eigenvalue weighted by Crippen LogP contribution is -2.37. The molecule has 7 nitrogen and oxygen atoms in total. The maximum absolute atomic E-state index is 13.2. The lowest BCUT2D eigenvalue weighted by molar-refractivity contribution is 0.172. The van der Waals surface area contributed by atoms with E-state index >= 15 is 0 Å². The first-order valence-electron chi connectivity index (χ1n) is 11.3. The van der Waals surface area contributed by atoms with Gasteiger partial charge in [-0.05, 0) is 36.2 Å². The molecule has 0 spiro atoms. The Morgan fingerprint density at radius 1 is 0.912 bits per heavy atom. The zero-order valence-electron chi connectivity index (χ0n) is 18.6. The molecule has 4 aromatic rings. The number of fused-ring (bicyclic) bond motifs is 2. The minimum absolute atomic E-state index is 0.172. The fourth-order valence-corrected chi connectivity index (χ4v) is 4.00. The van der Waals surface area contributed by atoms with Crippen molar-refractivity contribution in [3.63, 3.8) is 0 Å². The molecule has 0 fully saturated rings. The summed E-state index contributed by atoms with van der Waals surface area (Å²) in [5, 5.41) is 3.76. The minimum atomic E-state index is -0.260. The summed E-state index contributed by atoms with van der Waals surface area (Å²) in [4.78, 5) is 30.7. The fourth-order valence-electron chi connectivity index (χ4n) is 4.00. The van der Waals surface area contributed by atoms with Crippen LogP contribution in [0, 0.1) is 0 Å².